The summed E-state index contributed by atoms with van der Waals surface area (Å²) < 4.78 is 2.07. The Kier molecular flexibility index (Phi) is 4.66. The van der Waals surface area contributed by atoms with Crippen LogP contribution >= 0.6 is 11.6 Å². The Morgan fingerprint density at radius 1 is 1.17 bits per heavy atom. The van der Waals surface area contributed by atoms with Crippen molar-refractivity contribution >= 4 is 22.6 Å². The Morgan fingerprint density at radius 2 is 1.87 bits per heavy atom. The number of benzene rings is 2. The third-order valence-corrected chi connectivity index (χ3v) is 4.40. The van der Waals surface area contributed by atoms with E-state index in [-0.39, 0.29) is 6.04 Å². The molecular formula is C18H20ClN3O. The number of nitrogens with zero attached hydrogens (tertiary/aromatic N) is 2. The van der Waals surface area contributed by atoms with Gasteiger partial charge in [0.1, 0.15) is 5.82 Å². The highest BCUT2D eigenvalue weighted by molar-refractivity contribution is 6.30. The van der Waals surface area contributed by atoms with E-state index in [2.05, 4.69) is 20.9 Å². The first-order chi connectivity index (χ1) is 11.1. The Bertz CT molecular complexity index is 798. The number of aliphatic hydroxyl groups is 1. The molecule has 3 aromatic rings. The molecule has 2 unspecified atom stereocenters. The van der Waals surface area contributed by atoms with Crippen LogP contribution in [0, 0.1) is 0 Å². The van der Waals surface area contributed by atoms with Crippen LogP contribution in [0.1, 0.15) is 24.4 Å². The van der Waals surface area contributed by atoms with Gasteiger partial charge in [-0.05, 0) is 36.8 Å². The molecule has 120 valence electrons. The molecule has 1 heterocycles. The first-order valence-corrected chi connectivity index (χ1v) is 8.01. The standard InChI is InChI=1S/C18H20ClN3O/c1-12(18(23)13-7-9-14(19)10-8-13)20-11-17-21-15-5-3-4-6-16(15)22(17)2/h3-10,12,18,20,23H,11H2,1-2H3. The lowest BCUT2D eigenvalue weighted by atomic mass is 10.0. The summed E-state index contributed by atoms with van der Waals surface area (Å²) >= 11 is 5.88. The minimum Gasteiger partial charge on any atom is -0.387 e. The molecule has 0 fully saturated rings. The van der Waals surface area contributed by atoms with E-state index in [4.69, 9.17) is 11.6 Å². The molecule has 0 saturated heterocycles. The number of para-hydroxylation sites is 2. The minimum absolute atomic E-state index is 0.101. The summed E-state index contributed by atoms with van der Waals surface area (Å²) in [7, 11) is 2.01. The number of halogens is 1. The minimum atomic E-state index is -0.595. The van der Waals surface area contributed by atoms with Crippen LogP contribution in [0.5, 0.6) is 0 Å². The Labute approximate surface area is 140 Å². The van der Waals surface area contributed by atoms with Gasteiger partial charge in [0.2, 0.25) is 0 Å². The first kappa shape index (κ1) is 16.0. The van der Waals surface area contributed by atoms with Gasteiger partial charge in [-0.3, -0.25) is 0 Å². The number of hydrogen-bond acceptors (Lipinski definition) is 3. The van der Waals surface area contributed by atoms with Crippen LogP contribution in [0.2, 0.25) is 5.02 Å². The van der Waals surface area contributed by atoms with Crippen molar-refractivity contribution in [2.75, 3.05) is 0 Å². The first-order valence-electron chi connectivity index (χ1n) is 7.63. The third kappa shape index (κ3) is 3.39. The highest BCUT2D eigenvalue weighted by Gasteiger charge is 2.17. The molecule has 0 aliphatic carbocycles. The second-order valence-electron chi connectivity index (χ2n) is 5.74. The second-order valence-corrected chi connectivity index (χ2v) is 6.18. The number of imidazole rings is 1. The summed E-state index contributed by atoms with van der Waals surface area (Å²) in [6.07, 6.45) is -0.595. The van der Waals surface area contributed by atoms with Crippen LogP contribution in [-0.4, -0.2) is 20.7 Å². The highest BCUT2D eigenvalue weighted by atomic mass is 35.5. The quantitative estimate of drug-likeness (QED) is 0.754. The molecule has 2 atom stereocenters. The van der Waals surface area contributed by atoms with Crippen LogP contribution in [0.3, 0.4) is 0 Å². The van der Waals surface area contributed by atoms with Gasteiger partial charge in [-0.2, -0.15) is 0 Å². The van der Waals surface area contributed by atoms with Crippen molar-refractivity contribution in [2.24, 2.45) is 7.05 Å². The van der Waals surface area contributed by atoms with Crippen LogP contribution in [0.15, 0.2) is 48.5 Å². The summed E-state index contributed by atoms with van der Waals surface area (Å²) in [4.78, 5) is 4.63. The van der Waals surface area contributed by atoms with E-state index < -0.39 is 6.10 Å². The highest BCUT2D eigenvalue weighted by Crippen LogP contribution is 2.20. The fourth-order valence-corrected chi connectivity index (χ4v) is 2.79. The second kappa shape index (κ2) is 6.71. The third-order valence-electron chi connectivity index (χ3n) is 4.15. The lowest BCUT2D eigenvalue weighted by molar-refractivity contribution is 0.135. The van der Waals surface area contributed by atoms with Crippen molar-refractivity contribution in [1.82, 2.24) is 14.9 Å². The van der Waals surface area contributed by atoms with Crippen molar-refractivity contribution < 1.29 is 5.11 Å². The van der Waals surface area contributed by atoms with Crippen molar-refractivity contribution in [3.63, 3.8) is 0 Å². The molecule has 5 heteroatoms. The predicted octanol–water partition coefficient (Wildman–Crippen LogP) is 3.44. The molecule has 0 amide bonds. The molecule has 0 aliphatic heterocycles. The zero-order chi connectivity index (χ0) is 16.4. The lowest BCUT2D eigenvalue weighted by Gasteiger charge is -2.20. The zero-order valence-electron chi connectivity index (χ0n) is 13.2. The number of fused-ring (bicyclic) bond motifs is 1. The Morgan fingerprint density at radius 3 is 2.57 bits per heavy atom. The molecule has 4 nitrogen and oxygen atoms in total. The fourth-order valence-electron chi connectivity index (χ4n) is 2.67. The number of rotatable bonds is 5. The van der Waals surface area contributed by atoms with Gasteiger partial charge in [0.15, 0.2) is 0 Å². The molecule has 2 aromatic carbocycles. The number of nitrogens with one attached hydrogen (secondary N) is 1. The van der Waals surface area contributed by atoms with E-state index >= 15 is 0 Å². The van der Waals surface area contributed by atoms with Gasteiger partial charge >= 0.3 is 0 Å². The SMILES string of the molecule is CC(NCc1nc2ccccc2n1C)C(O)c1ccc(Cl)cc1. The molecule has 3 rings (SSSR count). The molecule has 0 bridgehead atoms. The lowest BCUT2D eigenvalue weighted by Crippen LogP contribution is -2.32. The summed E-state index contributed by atoms with van der Waals surface area (Å²) in [5, 5.41) is 14.4. The molecule has 23 heavy (non-hydrogen) atoms. The van der Waals surface area contributed by atoms with E-state index in [1.165, 1.54) is 0 Å². The Balaban J connectivity index is 1.69. The molecule has 0 spiro atoms. The van der Waals surface area contributed by atoms with Gasteiger partial charge in [0.25, 0.3) is 0 Å². The Hall–Kier alpha value is -1.88. The van der Waals surface area contributed by atoms with Crippen molar-refractivity contribution in [1.29, 1.82) is 0 Å². The smallest absolute Gasteiger partial charge is 0.123 e. The number of aryl methyl sites for hydroxylation is 1. The molecule has 0 aliphatic rings. The normalized spacial score (nSPS) is 14.1. The van der Waals surface area contributed by atoms with E-state index in [1.807, 2.05) is 44.3 Å². The van der Waals surface area contributed by atoms with Gasteiger partial charge in [-0.15, -0.1) is 0 Å². The van der Waals surface area contributed by atoms with Crippen LogP contribution in [0.25, 0.3) is 11.0 Å². The maximum Gasteiger partial charge on any atom is 0.123 e. The number of hydrogen-bond donors (Lipinski definition) is 2. The van der Waals surface area contributed by atoms with Gasteiger partial charge in [0.05, 0.1) is 23.7 Å². The number of aromatic nitrogens is 2. The average molecular weight is 330 g/mol. The summed E-state index contributed by atoms with van der Waals surface area (Å²) in [6, 6.07) is 15.2. The van der Waals surface area contributed by atoms with E-state index in [0.717, 1.165) is 22.4 Å². The molecular weight excluding hydrogens is 310 g/mol. The van der Waals surface area contributed by atoms with Crippen LogP contribution < -0.4 is 5.32 Å². The maximum atomic E-state index is 10.4. The predicted molar refractivity (Wildman–Crippen MR) is 93.4 cm³/mol. The van der Waals surface area contributed by atoms with Gasteiger partial charge < -0.3 is 15.0 Å². The fraction of sp³-hybridized carbons (Fsp3) is 0.278. The summed E-state index contributed by atoms with van der Waals surface area (Å²) in [5.41, 5.74) is 2.94. The molecule has 0 radical (unpaired) electrons. The monoisotopic (exact) mass is 329 g/mol. The molecule has 0 saturated carbocycles. The van der Waals surface area contributed by atoms with Crippen molar-refractivity contribution in [3.05, 3.63) is 64.9 Å². The summed E-state index contributed by atoms with van der Waals surface area (Å²) in [6.45, 7) is 2.55. The largest absolute Gasteiger partial charge is 0.387 e. The van der Waals surface area contributed by atoms with Crippen LogP contribution in [0.4, 0.5) is 0 Å². The van der Waals surface area contributed by atoms with Crippen LogP contribution in [-0.2, 0) is 13.6 Å². The molecule has 2 N–H and O–H groups in total. The maximum absolute atomic E-state index is 10.4. The van der Waals surface area contributed by atoms with Gasteiger partial charge in [0, 0.05) is 18.1 Å². The van der Waals surface area contributed by atoms with Crippen molar-refractivity contribution in [2.45, 2.75) is 25.6 Å². The van der Waals surface area contributed by atoms with Gasteiger partial charge in [-0.25, -0.2) is 4.98 Å². The van der Waals surface area contributed by atoms with E-state index in [9.17, 15) is 5.11 Å². The van der Waals surface area contributed by atoms with E-state index in [0.29, 0.717) is 11.6 Å². The summed E-state index contributed by atoms with van der Waals surface area (Å²) in [5.74, 6) is 0.946. The topological polar surface area (TPSA) is 50.1 Å². The zero-order valence-corrected chi connectivity index (χ0v) is 14.0. The average Bonchev–Trinajstić information content (AvgIpc) is 2.89. The number of aliphatic hydroxyl groups excluding tert-OH is 1. The van der Waals surface area contributed by atoms with E-state index in [1.54, 1.807) is 12.1 Å². The van der Waals surface area contributed by atoms with Crippen molar-refractivity contribution in [3.8, 4) is 0 Å². The van der Waals surface area contributed by atoms with Gasteiger partial charge in [-0.1, -0.05) is 35.9 Å². The molecule has 1 aromatic heterocycles.